The van der Waals surface area contributed by atoms with Gasteiger partial charge in [-0.3, -0.25) is 4.79 Å². The number of nitrogens with zero attached hydrogens (tertiary/aromatic N) is 2. The summed E-state index contributed by atoms with van der Waals surface area (Å²) in [6.07, 6.45) is 0.103. The summed E-state index contributed by atoms with van der Waals surface area (Å²) in [4.78, 5) is 29.8. The summed E-state index contributed by atoms with van der Waals surface area (Å²) in [7, 11) is 0. The van der Waals surface area contributed by atoms with Gasteiger partial charge in [-0.15, -0.1) is 5.75 Å². The molecule has 1 atom stereocenters. The first kappa shape index (κ1) is 19.1. The number of hydrogen-bond acceptors (Lipinski definition) is 6. The average Bonchev–Trinajstić information content (AvgIpc) is 3.01. The van der Waals surface area contributed by atoms with E-state index in [2.05, 4.69) is 4.98 Å². The molecule has 0 spiro atoms. The van der Waals surface area contributed by atoms with Gasteiger partial charge in [0.25, 0.3) is 5.56 Å². The van der Waals surface area contributed by atoms with E-state index in [0.29, 0.717) is 34.6 Å². The minimum Gasteiger partial charge on any atom is -0.872 e. The van der Waals surface area contributed by atoms with Gasteiger partial charge in [0, 0.05) is 11.1 Å². The summed E-state index contributed by atoms with van der Waals surface area (Å²) >= 11 is 0. The van der Waals surface area contributed by atoms with E-state index in [4.69, 9.17) is 4.74 Å². The van der Waals surface area contributed by atoms with E-state index in [9.17, 15) is 19.8 Å². The molecule has 4 heterocycles. The molecular formula is C20H15N2NaO5. The van der Waals surface area contributed by atoms with Crippen molar-refractivity contribution in [3.63, 3.8) is 0 Å². The molecule has 0 amide bonds. The number of aromatic nitrogens is 2. The second kappa shape index (κ2) is 6.42. The van der Waals surface area contributed by atoms with Gasteiger partial charge >= 0.3 is 35.5 Å². The van der Waals surface area contributed by atoms with Crippen LogP contribution in [0.5, 0.6) is 5.75 Å². The maximum Gasteiger partial charge on any atom is 1.00 e. The minimum absolute atomic E-state index is 0. The Bertz CT molecular complexity index is 1220. The number of aliphatic hydroxyl groups is 1. The number of hydrogen-bond donors (Lipinski definition) is 1. The maximum atomic E-state index is 13.0. The molecule has 2 aromatic heterocycles. The van der Waals surface area contributed by atoms with Crippen LogP contribution in [0, 0.1) is 0 Å². The van der Waals surface area contributed by atoms with Crippen LogP contribution in [0.4, 0.5) is 0 Å². The maximum absolute atomic E-state index is 13.0. The molecule has 2 aliphatic heterocycles. The molecule has 0 unspecified atom stereocenters. The molecule has 2 aliphatic rings. The van der Waals surface area contributed by atoms with E-state index in [1.807, 2.05) is 6.07 Å². The number of carbonyl (C=O) groups is 1. The van der Waals surface area contributed by atoms with Gasteiger partial charge in [-0.1, -0.05) is 19.1 Å². The Morgan fingerprint density at radius 2 is 2.07 bits per heavy atom. The zero-order valence-electron chi connectivity index (χ0n) is 15.5. The molecule has 3 aromatic rings. The molecule has 1 N–H and O–H groups in total. The number of carbonyl (C=O) groups excluding carboxylic acids is 1. The minimum atomic E-state index is -1.83. The number of benzene rings is 1. The molecule has 136 valence electrons. The third-order valence-corrected chi connectivity index (χ3v) is 5.48. The van der Waals surface area contributed by atoms with Crippen LogP contribution in [0.1, 0.15) is 30.0 Å². The smallest absolute Gasteiger partial charge is 0.872 e. The van der Waals surface area contributed by atoms with Crippen molar-refractivity contribution in [2.24, 2.45) is 0 Å². The van der Waals surface area contributed by atoms with Crippen molar-refractivity contribution in [2.45, 2.75) is 32.1 Å². The van der Waals surface area contributed by atoms with Crippen molar-refractivity contribution < 1.29 is 49.3 Å². The second-order valence-corrected chi connectivity index (χ2v) is 6.95. The first-order chi connectivity index (χ1) is 12.9. The summed E-state index contributed by atoms with van der Waals surface area (Å²) in [5.74, 6) is -0.842. The molecular weight excluding hydrogens is 371 g/mol. The van der Waals surface area contributed by atoms with Crippen molar-refractivity contribution in [3.05, 3.63) is 57.4 Å². The van der Waals surface area contributed by atoms with Crippen LogP contribution in [0.3, 0.4) is 0 Å². The van der Waals surface area contributed by atoms with Crippen LogP contribution < -0.4 is 40.2 Å². The molecule has 5 rings (SSSR count). The van der Waals surface area contributed by atoms with Gasteiger partial charge in [0.05, 0.1) is 29.0 Å². The number of cyclic esters (lactones) is 1. The molecule has 8 heteroatoms. The van der Waals surface area contributed by atoms with Crippen molar-refractivity contribution in [3.8, 4) is 17.1 Å². The first-order valence-electron chi connectivity index (χ1n) is 8.70. The molecule has 1 aromatic carbocycles. The van der Waals surface area contributed by atoms with Crippen molar-refractivity contribution >= 4 is 16.9 Å². The standard InChI is InChI=1S/C20H16N2O5.Na/c1-2-20(26)14-7-16-17-11(5-10-6-12(23)3-4-15(10)21-17)8-22(16)18(24)13(14)9-27-19(20)25;/h3-7,23,26H,2,8-9H2,1H3;/q;+1/p-1/t20-;/m0./s1. The van der Waals surface area contributed by atoms with Crippen LogP contribution in [-0.4, -0.2) is 20.6 Å². The van der Waals surface area contributed by atoms with E-state index < -0.39 is 11.6 Å². The van der Waals surface area contributed by atoms with Gasteiger partial charge in [-0.05, 0) is 30.0 Å². The van der Waals surface area contributed by atoms with Crippen LogP contribution >= 0.6 is 0 Å². The third-order valence-electron chi connectivity index (χ3n) is 5.48. The van der Waals surface area contributed by atoms with Crippen LogP contribution in [0.25, 0.3) is 22.3 Å². The first-order valence-corrected chi connectivity index (χ1v) is 8.70. The van der Waals surface area contributed by atoms with E-state index in [1.165, 1.54) is 12.1 Å². The summed E-state index contributed by atoms with van der Waals surface area (Å²) < 4.78 is 6.62. The summed E-state index contributed by atoms with van der Waals surface area (Å²) in [5, 5.41) is 23.2. The Labute approximate surface area is 181 Å². The summed E-state index contributed by atoms with van der Waals surface area (Å²) in [5.41, 5.74) is 1.11. The Kier molecular flexibility index (Phi) is 4.39. The molecule has 0 aliphatic carbocycles. The van der Waals surface area contributed by atoms with Crippen molar-refractivity contribution in [1.82, 2.24) is 9.55 Å². The fourth-order valence-electron chi connectivity index (χ4n) is 3.96. The zero-order valence-corrected chi connectivity index (χ0v) is 17.5. The molecule has 7 nitrogen and oxygen atoms in total. The Morgan fingerprint density at radius 3 is 2.82 bits per heavy atom. The Morgan fingerprint density at radius 1 is 1.29 bits per heavy atom. The van der Waals surface area contributed by atoms with Gasteiger partial charge in [-0.2, -0.15) is 0 Å². The summed E-state index contributed by atoms with van der Waals surface area (Å²) in [6, 6.07) is 8.15. The van der Waals surface area contributed by atoms with E-state index >= 15 is 0 Å². The fourth-order valence-corrected chi connectivity index (χ4v) is 3.96. The van der Waals surface area contributed by atoms with Gasteiger partial charge in [-0.25, -0.2) is 9.78 Å². The number of fused-ring (bicyclic) bond motifs is 5. The molecule has 0 radical (unpaired) electrons. The largest absolute Gasteiger partial charge is 1.00 e. The number of ether oxygens (including phenoxy) is 1. The van der Waals surface area contributed by atoms with E-state index in [0.717, 1.165) is 10.9 Å². The molecule has 0 fully saturated rings. The van der Waals surface area contributed by atoms with E-state index in [-0.39, 0.29) is 53.9 Å². The van der Waals surface area contributed by atoms with Gasteiger partial charge in [0.1, 0.15) is 6.61 Å². The van der Waals surface area contributed by atoms with Crippen LogP contribution in [0.15, 0.2) is 35.1 Å². The number of pyridine rings is 2. The zero-order chi connectivity index (χ0) is 18.9. The molecule has 0 saturated carbocycles. The van der Waals surface area contributed by atoms with Gasteiger partial charge in [0.15, 0.2) is 5.60 Å². The van der Waals surface area contributed by atoms with E-state index in [1.54, 1.807) is 23.6 Å². The molecule has 0 saturated heterocycles. The number of esters is 1. The topological polar surface area (TPSA) is 104 Å². The van der Waals surface area contributed by atoms with Crippen LogP contribution in [0.2, 0.25) is 0 Å². The van der Waals surface area contributed by atoms with Gasteiger partial charge < -0.3 is 19.5 Å². The van der Waals surface area contributed by atoms with Crippen molar-refractivity contribution in [1.29, 1.82) is 0 Å². The predicted octanol–water partition coefficient (Wildman–Crippen LogP) is -1.84. The average molecular weight is 386 g/mol. The molecule has 28 heavy (non-hydrogen) atoms. The second-order valence-electron chi connectivity index (χ2n) is 6.95. The van der Waals surface area contributed by atoms with Crippen LogP contribution in [-0.2, 0) is 28.3 Å². The monoisotopic (exact) mass is 386 g/mol. The summed E-state index contributed by atoms with van der Waals surface area (Å²) in [6.45, 7) is 1.84. The van der Waals surface area contributed by atoms with Crippen molar-refractivity contribution in [2.75, 3.05) is 0 Å². The normalized spacial score (nSPS) is 19.4. The molecule has 0 bridgehead atoms. The SMILES string of the molecule is CC[C@@]1(O)C(=O)OCc2c1cc1n(c2=O)Cc2cc3cc([O-])ccc3nc2-1.[Na+]. The fraction of sp³-hybridized carbons (Fsp3) is 0.250. The Hall–Kier alpha value is -2.19. The quantitative estimate of drug-likeness (QED) is 0.305. The number of rotatable bonds is 1. The third kappa shape index (κ3) is 2.47. The Balaban J connectivity index is 0.00000192. The predicted molar refractivity (Wildman–Crippen MR) is 94.0 cm³/mol. The van der Waals surface area contributed by atoms with Gasteiger partial charge in [0.2, 0.25) is 0 Å².